The molecule has 1 rings (SSSR count). The number of hydrogen-bond donors (Lipinski definition) is 1. The van der Waals surface area contributed by atoms with Crippen molar-refractivity contribution in [1.29, 1.82) is 0 Å². The number of nitrogens with one attached hydrogen (secondary N) is 1. The van der Waals surface area contributed by atoms with Crippen molar-refractivity contribution in [2.24, 2.45) is 0 Å². The molecule has 2 heteroatoms. The summed E-state index contributed by atoms with van der Waals surface area (Å²) in [5.41, 5.74) is 0. The average Bonchev–Trinajstić information content (AvgIpc) is 2.81. The molecule has 1 atom stereocenters. The summed E-state index contributed by atoms with van der Waals surface area (Å²) in [4.78, 5) is 0. The van der Waals surface area contributed by atoms with Crippen molar-refractivity contribution >= 4 is 0 Å². The smallest absolute Gasteiger partial charge is 0.0696 e. The number of hydrogen-bond acceptors (Lipinski definition) is 2. The van der Waals surface area contributed by atoms with Gasteiger partial charge >= 0.3 is 0 Å². The van der Waals surface area contributed by atoms with Crippen LogP contribution in [0.5, 0.6) is 0 Å². The van der Waals surface area contributed by atoms with E-state index in [0.717, 1.165) is 25.6 Å². The summed E-state index contributed by atoms with van der Waals surface area (Å²) in [6, 6.07) is 0.810. The van der Waals surface area contributed by atoms with Gasteiger partial charge in [0.1, 0.15) is 0 Å². The molecule has 1 aliphatic carbocycles. The van der Waals surface area contributed by atoms with E-state index in [-0.39, 0.29) is 0 Å². The minimum absolute atomic E-state index is 0.431. The van der Waals surface area contributed by atoms with Crippen LogP contribution in [-0.2, 0) is 4.74 Å². The van der Waals surface area contributed by atoms with Crippen molar-refractivity contribution in [1.82, 2.24) is 5.32 Å². The molecule has 0 spiro atoms. The van der Waals surface area contributed by atoms with E-state index in [2.05, 4.69) is 19.2 Å². The summed E-state index contributed by atoms with van der Waals surface area (Å²) in [5.74, 6) is 0. The van der Waals surface area contributed by atoms with E-state index in [1.807, 2.05) is 0 Å². The molecule has 0 radical (unpaired) electrons. The van der Waals surface area contributed by atoms with Crippen molar-refractivity contribution in [3.63, 3.8) is 0 Å². The quantitative estimate of drug-likeness (QED) is 0.631. The van der Waals surface area contributed by atoms with Gasteiger partial charge in [-0.05, 0) is 26.2 Å². The molecule has 0 bridgehead atoms. The van der Waals surface area contributed by atoms with Crippen LogP contribution in [0.2, 0.25) is 0 Å². The average molecular weight is 157 g/mol. The van der Waals surface area contributed by atoms with Crippen molar-refractivity contribution in [3.05, 3.63) is 0 Å². The van der Waals surface area contributed by atoms with Gasteiger partial charge in [0.05, 0.1) is 6.10 Å². The van der Waals surface area contributed by atoms with E-state index in [0.29, 0.717) is 6.10 Å². The summed E-state index contributed by atoms with van der Waals surface area (Å²) < 4.78 is 5.51. The fourth-order valence-corrected chi connectivity index (χ4v) is 1.14. The summed E-state index contributed by atoms with van der Waals surface area (Å²) in [6.07, 6.45) is 4.28. The van der Waals surface area contributed by atoms with Gasteiger partial charge in [0.2, 0.25) is 0 Å². The number of ether oxygens (including phenoxy) is 1. The standard InChI is InChI=1S/C9H19NO/c1-3-9(11-4-2)7-10-8-5-6-8/h8-10H,3-7H2,1-2H3. The van der Waals surface area contributed by atoms with E-state index < -0.39 is 0 Å². The van der Waals surface area contributed by atoms with Crippen LogP contribution in [0.25, 0.3) is 0 Å². The van der Waals surface area contributed by atoms with Crippen LogP contribution in [0, 0.1) is 0 Å². The molecule has 0 aromatic carbocycles. The second-order valence-corrected chi connectivity index (χ2v) is 3.17. The maximum atomic E-state index is 5.51. The summed E-state index contributed by atoms with van der Waals surface area (Å²) in [5, 5.41) is 3.47. The highest BCUT2D eigenvalue weighted by Crippen LogP contribution is 2.18. The first kappa shape index (κ1) is 9.01. The van der Waals surface area contributed by atoms with E-state index >= 15 is 0 Å². The molecular formula is C9H19NO. The number of rotatable bonds is 6. The van der Waals surface area contributed by atoms with Gasteiger partial charge in [-0.25, -0.2) is 0 Å². The highest BCUT2D eigenvalue weighted by atomic mass is 16.5. The van der Waals surface area contributed by atoms with Crippen LogP contribution in [0.15, 0.2) is 0 Å². The van der Waals surface area contributed by atoms with E-state index in [9.17, 15) is 0 Å². The molecule has 1 unspecified atom stereocenters. The van der Waals surface area contributed by atoms with Crippen LogP contribution in [-0.4, -0.2) is 25.3 Å². The van der Waals surface area contributed by atoms with Crippen LogP contribution < -0.4 is 5.32 Å². The third kappa shape index (κ3) is 3.73. The molecule has 1 fully saturated rings. The van der Waals surface area contributed by atoms with E-state index in [4.69, 9.17) is 4.74 Å². The van der Waals surface area contributed by atoms with Crippen LogP contribution in [0.1, 0.15) is 33.1 Å². The first-order valence-corrected chi connectivity index (χ1v) is 4.71. The maximum Gasteiger partial charge on any atom is 0.0696 e. The zero-order valence-corrected chi connectivity index (χ0v) is 7.60. The van der Waals surface area contributed by atoms with Gasteiger partial charge in [0, 0.05) is 19.2 Å². The monoisotopic (exact) mass is 157 g/mol. The Balaban J connectivity index is 1.98. The molecule has 1 saturated carbocycles. The van der Waals surface area contributed by atoms with Crippen molar-refractivity contribution < 1.29 is 4.74 Å². The second-order valence-electron chi connectivity index (χ2n) is 3.17. The maximum absolute atomic E-state index is 5.51. The predicted octanol–water partition coefficient (Wildman–Crippen LogP) is 1.55. The molecule has 0 heterocycles. The highest BCUT2D eigenvalue weighted by Gasteiger charge is 2.21. The second kappa shape index (κ2) is 4.73. The third-order valence-corrected chi connectivity index (χ3v) is 2.07. The molecule has 0 amide bonds. The zero-order valence-electron chi connectivity index (χ0n) is 7.60. The summed E-state index contributed by atoms with van der Waals surface area (Å²) >= 11 is 0. The summed E-state index contributed by atoms with van der Waals surface area (Å²) in [6.45, 7) is 6.11. The minimum atomic E-state index is 0.431. The summed E-state index contributed by atoms with van der Waals surface area (Å²) in [7, 11) is 0. The Morgan fingerprint density at radius 2 is 2.18 bits per heavy atom. The molecule has 1 aliphatic rings. The Labute approximate surface area is 69.3 Å². The minimum Gasteiger partial charge on any atom is -0.377 e. The predicted molar refractivity (Wildman–Crippen MR) is 46.7 cm³/mol. The molecule has 66 valence electrons. The van der Waals surface area contributed by atoms with Crippen molar-refractivity contribution in [2.45, 2.75) is 45.3 Å². The largest absolute Gasteiger partial charge is 0.377 e. The van der Waals surface area contributed by atoms with E-state index in [1.165, 1.54) is 12.8 Å². The van der Waals surface area contributed by atoms with Gasteiger partial charge in [-0.15, -0.1) is 0 Å². The van der Waals surface area contributed by atoms with Gasteiger partial charge < -0.3 is 10.1 Å². The highest BCUT2D eigenvalue weighted by molar-refractivity contribution is 4.81. The fraction of sp³-hybridized carbons (Fsp3) is 1.00. The first-order chi connectivity index (χ1) is 5.36. The Kier molecular flexibility index (Phi) is 3.87. The fourth-order valence-electron chi connectivity index (χ4n) is 1.14. The zero-order chi connectivity index (χ0) is 8.10. The van der Waals surface area contributed by atoms with Gasteiger partial charge in [0.15, 0.2) is 0 Å². The van der Waals surface area contributed by atoms with Crippen molar-refractivity contribution in [2.75, 3.05) is 13.2 Å². The van der Waals surface area contributed by atoms with Crippen LogP contribution in [0.3, 0.4) is 0 Å². The Morgan fingerprint density at radius 3 is 2.64 bits per heavy atom. The van der Waals surface area contributed by atoms with Gasteiger partial charge in [-0.3, -0.25) is 0 Å². The Morgan fingerprint density at radius 1 is 1.45 bits per heavy atom. The lowest BCUT2D eigenvalue weighted by molar-refractivity contribution is 0.0600. The molecule has 0 aromatic heterocycles. The normalized spacial score (nSPS) is 20.2. The lowest BCUT2D eigenvalue weighted by Gasteiger charge is -2.14. The third-order valence-electron chi connectivity index (χ3n) is 2.07. The lowest BCUT2D eigenvalue weighted by atomic mass is 10.3. The van der Waals surface area contributed by atoms with E-state index in [1.54, 1.807) is 0 Å². The molecule has 0 aliphatic heterocycles. The van der Waals surface area contributed by atoms with Gasteiger partial charge in [-0.2, -0.15) is 0 Å². The van der Waals surface area contributed by atoms with Crippen LogP contribution >= 0.6 is 0 Å². The molecule has 11 heavy (non-hydrogen) atoms. The Hall–Kier alpha value is -0.0800. The molecular weight excluding hydrogens is 138 g/mol. The van der Waals surface area contributed by atoms with Gasteiger partial charge in [-0.1, -0.05) is 6.92 Å². The molecule has 0 saturated heterocycles. The first-order valence-electron chi connectivity index (χ1n) is 4.71. The van der Waals surface area contributed by atoms with Gasteiger partial charge in [0.25, 0.3) is 0 Å². The van der Waals surface area contributed by atoms with Crippen molar-refractivity contribution in [3.8, 4) is 0 Å². The van der Waals surface area contributed by atoms with Crippen LogP contribution in [0.4, 0.5) is 0 Å². The molecule has 1 N–H and O–H groups in total. The topological polar surface area (TPSA) is 21.3 Å². The lowest BCUT2D eigenvalue weighted by Crippen LogP contribution is -2.30. The SMILES string of the molecule is CCOC(CC)CNC1CC1. The molecule has 0 aromatic rings. The Bertz CT molecular complexity index is 102. The molecule has 2 nitrogen and oxygen atoms in total.